The molecule has 2 N–H and O–H groups in total. The van der Waals surface area contributed by atoms with Gasteiger partial charge in [-0.2, -0.15) is 4.40 Å². The van der Waals surface area contributed by atoms with Gasteiger partial charge in [-0.15, -0.1) is 0 Å². The Labute approximate surface area is 108 Å². The third kappa shape index (κ3) is 1.80. The molecule has 0 saturated heterocycles. The lowest BCUT2D eigenvalue weighted by Crippen LogP contribution is -3.00. The van der Waals surface area contributed by atoms with Gasteiger partial charge in [0.05, 0.1) is 5.39 Å². The molecule has 0 amide bonds. The van der Waals surface area contributed by atoms with Gasteiger partial charge in [-0.1, -0.05) is 0 Å². The van der Waals surface area contributed by atoms with E-state index in [-0.39, 0.29) is 28.5 Å². The Morgan fingerprint density at radius 3 is 2.65 bits per heavy atom. The first-order chi connectivity index (χ1) is 7.75. The number of benzene rings is 1. The van der Waals surface area contributed by atoms with Gasteiger partial charge in [-0.05, 0) is 23.6 Å². The van der Waals surface area contributed by atoms with Crippen molar-refractivity contribution in [2.24, 2.45) is 0 Å². The molecule has 0 spiro atoms. The van der Waals surface area contributed by atoms with Crippen molar-refractivity contribution < 1.29 is 31.6 Å². The summed E-state index contributed by atoms with van der Waals surface area (Å²) in [5.41, 5.74) is 1.04. The molecule has 0 atom stereocenters. The Hall–Kier alpha value is -1.81. The van der Waals surface area contributed by atoms with Crippen LogP contribution in [-0.2, 0) is 0 Å². The number of hydrogen-bond donors (Lipinski definition) is 2. The minimum Gasteiger partial charge on any atom is -1.00 e. The Morgan fingerprint density at radius 1 is 1.00 bits per heavy atom. The Bertz CT molecular complexity index is 697. The van der Waals surface area contributed by atoms with Crippen molar-refractivity contribution in [3.05, 3.63) is 48.8 Å². The maximum atomic E-state index is 9.75. The second kappa shape index (κ2) is 4.22. The zero-order valence-corrected chi connectivity index (χ0v) is 10.4. The number of rotatable bonds is 0. The van der Waals surface area contributed by atoms with Gasteiger partial charge >= 0.3 is 0 Å². The molecule has 0 saturated carbocycles. The summed E-state index contributed by atoms with van der Waals surface area (Å²) in [5, 5.41) is 20.7. The molecule has 2 aromatic heterocycles. The van der Waals surface area contributed by atoms with Crippen LogP contribution in [0.5, 0.6) is 11.5 Å². The number of hydrogen-bond acceptors (Lipinski definition) is 2. The zero-order chi connectivity index (χ0) is 11.1. The van der Waals surface area contributed by atoms with E-state index in [9.17, 15) is 10.2 Å². The number of pyridine rings is 2. The van der Waals surface area contributed by atoms with E-state index < -0.39 is 0 Å². The number of phenolic OH excluding ortho intramolecular Hbond substituents is 2. The largest absolute Gasteiger partial charge is 1.00 e. The van der Waals surface area contributed by atoms with E-state index in [0.29, 0.717) is 5.39 Å². The van der Waals surface area contributed by atoms with E-state index in [1.54, 1.807) is 12.3 Å². The molecule has 0 aliphatic carbocycles. The zero-order valence-electron chi connectivity index (χ0n) is 8.84. The van der Waals surface area contributed by atoms with Crippen LogP contribution in [0.2, 0.25) is 0 Å². The van der Waals surface area contributed by atoms with Gasteiger partial charge in [-0.3, -0.25) is 0 Å². The van der Waals surface area contributed by atoms with Crippen molar-refractivity contribution in [2.75, 3.05) is 0 Å². The topological polar surface area (TPSA) is 44.6 Å². The lowest BCUT2D eigenvalue weighted by molar-refractivity contribution is -0.510. The lowest BCUT2D eigenvalue weighted by Gasteiger charge is -2.01. The van der Waals surface area contributed by atoms with E-state index >= 15 is 0 Å². The quantitative estimate of drug-likeness (QED) is 0.317. The summed E-state index contributed by atoms with van der Waals surface area (Å²) in [6.07, 6.45) is 3.71. The van der Waals surface area contributed by atoms with E-state index in [4.69, 9.17) is 0 Å². The summed E-state index contributed by atoms with van der Waals surface area (Å²) in [5.74, 6) is -0.167. The van der Waals surface area contributed by atoms with Gasteiger partial charge in [0.1, 0.15) is 0 Å². The summed E-state index contributed by atoms with van der Waals surface area (Å²) in [6, 6.07) is 11.1. The van der Waals surface area contributed by atoms with Gasteiger partial charge in [0.25, 0.3) is 0 Å². The van der Waals surface area contributed by atoms with Crippen LogP contribution in [0.4, 0.5) is 0 Å². The van der Waals surface area contributed by atoms with Crippen LogP contribution in [-0.4, -0.2) is 10.2 Å². The Balaban J connectivity index is 0.00000108. The molecule has 0 fully saturated rings. The summed E-state index contributed by atoms with van der Waals surface area (Å²) in [4.78, 5) is 0. The molecule has 0 bridgehead atoms. The SMILES string of the molecule is Oc1ccc2cc3cccc[n+]3cc2c1O.[Br-]. The summed E-state index contributed by atoms with van der Waals surface area (Å²) < 4.78 is 1.90. The van der Waals surface area contributed by atoms with E-state index in [1.807, 2.05) is 34.9 Å². The first kappa shape index (κ1) is 11.7. The molecule has 1 aromatic carbocycles. The molecule has 0 aliphatic heterocycles. The highest BCUT2D eigenvalue weighted by Gasteiger charge is 2.10. The second-order valence-electron chi connectivity index (χ2n) is 3.74. The predicted molar refractivity (Wildman–Crippen MR) is 60.4 cm³/mol. The van der Waals surface area contributed by atoms with Crippen LogP contribution < -0.4 is 21.4 Å². The van der Waals surface area contributed by atoms with Gasteiger partial charge in [-0.25, -0.2) is 0 Å². The second-order valence-corrected chi connectivity index (χ2v) is 3.74. The molecule has 17 heavy (non-hydrogen) atoms. The van der Waals surface area contributed by atoms with Crippen LogP contribution >= 0.6 is 0 Å². The van der Waals surface area contributed by atoms with E-state index in [1.165, 1.54) is 6.07 Å². The highest BCUT2D eigenvalue weighted by Crippen LogP contribution is 2.32. The Kier molecular flexibility index (Phi) is 2.90. The minimum atomic E-state index is -0.0941. The van der Waals surface area contributed by atoms with Crippen molar-refractivity contribution in [1.82, 2.24) is 0 Å². The van der Waals surface area contributed by atoms with Gasteiger partial charge in [0.15, 0.2) is 23.9 Å². The highest BCUT2D eigenvalue weighted by atomic mass is 79.9. The van der Waals surface area contributed by atoms with Crippen molar-refractivity contribution in [1.29, 1.82) is 0 Å². The molecule has 2 heterocycles. The average molecular weight is 292 g/mol. The normalized spacial score (nSPS) is 10.4. The smallest absolute Gasteiger partial charge is 0.211 e. The number of halogens is 1. The van der Waals surface area contributed by atoms with E-state index in [0.717, 1.165) is 10.9 Å². The van der Waals surface area contributed by atoms with Crippen LogP contribution in [0, 0.1) is 0 Å². The third-order valence-electron chi connectivity index (χ3n) is 2.72. The van der Waals surface area contributed by atoms with Crippen molar-refractivity contribution in [3.63, 3.8) is 0 Å². The maximum Gasteiger partial charge on any atom is 0.211 e. The first-order valence-electron chi connectivity index (χ1n) is 5.00. The van der Waals surface area contributed by atoms with Gasteiger partial charge < -0.3 is 27.2 Å². The van der Waals surface area contributed by atoms with Crippen LogP contribution in [0.3, 0.4) is 0 Å². The predicted octanol–water partition coefficient (Wildman–Crippen LogP) is -1.01. The molecule has 0 radical (unpaired) electrons. The summed E-state index contributed by atoms with van der Waals surface area (Å²) in [6.45, 7) is 0. The molecule has 0 unspecified atom stereocenters. The molecular formula is C13H10BrNO2. The maximum absolute atomic E-state index is 9.75. The summed E-state index contributed by atoms with van der Waals surface area (Å²) in [7, 11) is 0. The molecule has 3 rings (SSSR count). The van der Waals surface area contributed by atoms with Crippen molar-refractivity contribution >= 4 is 16.3 Å². The monoisotopic (exact) mass is 291 g/mol. The van der Waals surface area contributed by atoms with Crippen LogP contribution in [0.1, 0.15) is 0 Å². The first-order valence-corrected chi connectivity index (χ1v) is 5.00. The lowest BCUT2D eigenvalue weighted by atomic mass is 10.1. The van der Waals surface area contributed by atoms with Crippen molar-refractivity contribution in [3.8, 4) is 11.5 Å². The van der Waals surface area contributed by atoms with Crippen LogP contribution in [0.25, 0.3) is 16.3 Å². The fourth-order valence-electron chi connectivity index (χ4n) is 1.88. The number of nitrogens with zero attached hydrogens (tertiary/aromatic N) is 1. The fraction of sp³-hybridized carbons (Fsp3) is 0. The average Bonchev–Trinajstić information content (AvgIpc) is 2.32. The highest BCUT2D eigenvalue weighted by molar-refractivity contribution is 5.90. The third-order valence-corrected chi connectivity index (χ3v) is 2.72. The fourth-order valence-corrected chi connectivity index (χ4v) is 1.88. The van der Waals surface area contributed by atoms with Crippen LogP contribution in [0.15, 0.2) is 48.8 Å². The molecule has 0 aliphatic rings. The van der Waals surface area contributed by atoms with E-state index in [2.05, 4.69) is 0 Å². The van der Waals surface area contributed by atoms with Crippen molar-refractivity contribution in [2.45, 2.75) is 0 Å². The Morgan fingerprint density at radius 2 is 1.82 bits per heavy atom. The molecule has 3 nitrogen and oxygen atoms in total. The molecule has 4 heteroatoms. The minimum absolute atomic E-state index is 0. The number of fused-ring (bicyclic) bond motifs is 2. The number of aromatic hydroxyl groups is 2. The molecular weight excluding hydrogens is 282 g/mol. The molecule has 3 aromatic rings. The van der Waals surface area contributed by atoms with Gasteiger partial charge in [0, 0.05) is 18.2 Å². The van der Waals surface area contributed by atoms with Gasteiger partial charge in [0.2, 0.25) is 5.52 Å². The summed E-state index contributed by atoms with van der Waals surface area (Å²) >= 11 is 0. The standard InChI is InChI=1S/C13H9NO2.BrH/c15-12-5-4-9-7-10-3-1-2-6-14(10)8-11(9)13(12)16;/h1-8,15H;1H. The molecule has 86 valence electrons. The number of aromatic nitrogens is 1. The number of phenols is 2.